The Hall–Kier alpha value is -0.980. The first-order valence-electron chi connectivity index (χ1n) is 6.41. The van der Waals surface area contributed by atoms with E-state index in [0.29, 0.717) is 6.61 Å². The summed E-state index contributed by atoms with van der Waals surface area (Å²) in [7, 11) is 3.38. The molecule has 106 valence electrons. The summed E-state index contributed by atoms with van der Waals surface area (Å²) >= 11 is 0. The molecule has 5 nitrogen and oxygen atoms in total. The highest BCUT2D eigenvalue weighted by atomic mass is 16.7. The van der Waals surface area contributed by atoms with Gasteiger partial charge in [0, 0.05) is 7.11 Å². The number of nitrogens with one attached hydrogen (secondary N) is 1. The average Bonchev–Trinajstić information content (AvgIpc) is 2.46. The Morgan fingerprint density at radius 2 is 2.11 bits per heavy atom. The molecule has 0 radical (unpaired) electrons. The van der Waals surface area contributed by atoms with E-state index in [2.05, 4.69) is 5.32 Å². The van der Waals surface area contributed by atoms with E-state index in [9.17, 15) is 5.11 Å². The highest BCUT2D eigenvalue weighted by molar-refractivity contribution is 5.13. The maximum atomic E-state index is 9.85. The van der Waals surface area contributed by atoms with Crippen molar-refractivity contribution in [2.75, 3.05) is 20.8 Å². The highest BCUT2D eigenvalue weighted by Gasteiger charge is 2.39. The molecule has 4 atom stereocenters. The van der Waals surface area contributed by atoms with Gasteiger partial charge in [-0.3, -0.25) is 0 Å². The van der Waals surface area contributed by atoms with Gasteiger partial charge in [0.05, 0.1) is 25.4 Å². The van der Waals surface area contributed by atoms with E-state index in [1.165, 1.54) is 0 Å². The third-order valence-electron chi connectivity index (χ3n) is 3.33. The first-order valence-corrected chi connectivity index (χ1v) is 6.41. The van der Waals surface area contributed by atoms with Crippen molar-refractivity contribution in [1.29, 1.82) is 0 Å². The summed E-state index contributed by atoms with van der Waals surface area (Å²) in [6.45, 7) is 0.697. The van der Waals surface area contributed by atoms with Crippen molar-refractivity contribution in [3.05, 3.63) is 35.9 Å². The molecule has 2 N–H and O–H groups in total. The van der Waals surface area contributed by atoms with Crippen LogP contribution in [0.25, 0.3) is 0 Å². The van der Waals surface area contributed by atoms with Gasteiger partial charge >= 0.3 is 0 Å². The van der Waals surface area contributed by atoms with Gasteiger partial charge in [0.2, 0.25) is 0 Å². The molecule has 1 fully saturated rings. The van der Waals surface area contributed by atoms with Crippen molar-refractivity contribution in [2.45, 2.75) is 31.1 Å². The van der Waals surface area contributed by atoms with Gasteiger partial charge in [-0.1, -0.05) is 30.3 Å². The molecular formula is C14H21NO4. The Balaban J connectivity index is 1.95. The first kappa shape index (κ1) is 14.4. The molecule has 0 aromatic heterocycles. The summed E-state index contributed by atoms with van der Waals surface area (Å²) in [6.07, 6.45) is -1.41. The van der Waals surface area contributed by atoms with Gasteiger partial charge in [0.15, 0.2) is 6.29 Å². The smallest absolute Gasteiger partial charge is 0.185 e. The maximum Gasteiger partial charge on any atom is 0.185 e. The van der Waals surface area contributed by atoms with Crippen LogP contribution in [0.1, 0.15) is 5.56 Å². The van der Waals surface area contributed by atoms with E-state index in [0.717, 1.165) is 5.56 Å². The molecule has 0 amide bonds. The normalized spacial score (nSPS) is 31.3. The third kappa shape index (κ3) is 3.52. The zero-order valence-corrected chi connectivity index (χ0v) is 11.3. The van der Waals surface area contributed by atoms with Crippen LogP contribution in [0, 0.1) is 0 Å². The second-order valence-electron chi connectivity index (χ2n) is 4.58. The van der Waals surface area contributed by atoms with Crippen molar-refractivity contribution >= 4 is 0 Å². The molecular weight excluding hydrogens is 246 g/mol. The number of likely N-dealkylation sites (N-methyl/N-ethyl adjacent to an activating group) is 1. The minimum atomic E-state index is -0.591. The molecule has 1 aliphatic rings. The minimum Gasteiger partial charge on any atom is -0.389 e. The molecule has 1 aromatic rings. The van der Waals surface area contributed by atoms with Crippen LogP contribution in [0.3, 0.4) is 0 Å². The SMILES string of the molecule is CN[C@H]1[C@H](OC)[C@@H](OCc2ccccc2)OC[C@H]1O. The van der Waals surface area contributed by atoms with Gasteiger partial charge in [-0.05, 0) is 12.6 Å². The Bertz CT molecular complexity index is 373. The summed E-state index contributed by atoms with van der Waals surface area (Å²) in [5, 5.41) is 12.9. The second-order valence-corrected chi connectivity index (χ2v) is 4.58. The molecule has 1 aromatic carbocycles. The predicted octanol–water partition coefficient (Wildman–Crippen LogP) is 0.523. The molecule has 5 heteroatoms. The fourth-order valence-corrected chi connectivity index (χ4v) is 2.29. The summed E-state index contributed by atoms with van der Waals surface area (Å²) < 4.78 is 16.7. The Kier molecular flexibility index (Phi) is 5.30. The monoisotopic (exact) mass is 267 g/mol. The number of benzene rings is 1. The fourth-order valence-electron chi connectivity index (χ4n) is 2.29. The number of hydrogen-bond donors (Lipinski definition) is 2. The third-order valence-corrected chi connectivity index (χ3v) is 3.33. The zero-order valence-electron chi connectivity index (χ0n) is 11.3. The lowest BCUT2D eigenvalue weighted by molar-refractivity contribution is -0.255. The molecule has 0 bridgehead atoms. The van der Waals surface area contributed by atoms with E-state index in [1.807, 2.05) is 30.3 Å². The van der Waals surface area contributed by atoms with Crippen LogP contribution in [-0.4, -0.2) is 50.4 Å². The molecule has 0 spiro atoms. The quantitative estimate of drug-likeness (QED) is 0.814. The number of hydrogen-bond acceptors (Lipinski definition) is 5. The van der Waals surface area contributed by atoms with Crippen LogP contribution in [0.2, 0.25) is 0 Å². The predicted molar refractivity (Wildman–Crippen MR) is 70.6 cm³/mol. The molecule has 0 aliphatic carbocycles. The van der Waals surface area contributed by atoms with Crippen molar-refractivity contribution in [2.24, 2.45) is 0 Å². The number of ether oxygens (including phenoxy) is 3. The minimum absolute atomic E-state index is 0.195. The lowest BCUT2D eigenvalue weighted by Crippen LogP contribution is -2.59. The van der Waals surface area contributed by atoms with E-state index in [4.69, 9.17) is 14.2 Å². The van der Waals surface area contributed by atoms with Crippen molar-refractivity contribution in [1.82, 2.24) is 5.32 Å². The zero-order chi connectivity index (χ0) is 13.7. The van der Waals surface area contributed by atoms with Gasteiger partial charge < -0.3 is 24.6 Å². The van der Waals surface area contributed by atoms with Crippen LogP contribution in [0.5, 0.6) is 0 Å². The number of methoxy groups -OCH3 is 1. The average molecular weight is 267 g/mol. The van der Waals surface area contributed by atoms with Crippen LogP contribution < -0.4 is 5.32 Å². The van der Waals surface area contributed by atoms with Gasteiger partial charge in [0.1, 0.15) is 6.10 Å². The standard InChI is InChI=1S/C14H21NO4/c1-15-12-11(16)9-19-14(13(12)17-2)18-8-10-6-4-3-5-7-10/h3-7,11-16H,8-9H2,1-2H3/t11-,12-,13+,14+/m1/s1. The number of rotatable bonds is 5. The molecule has 19 heavy (non-hydrogen) atoms. The Morgan fingerprint density at radius 1 is 1.37 bits per heavy atom. The van der Waals surface area contributed by atoms with Crippen LogP contribution in [-0.2, 0) is 20.8 Å². The summed E-state index contributed by atoms with van der Waals surface area (Å²) in [6, 6.07) is 9.69. The lowest BCUT2D eigenvalue weighted by Gasteiger charge is -2.39. The van der Waals surface area contributed by atoms with Gasteiger partial charge in [-0.15, -0.1) is 0 Å². The van der Waals surface area contributed by atoms with Crippen LogP contribution in [0.15, 0.2) is 30.3 Å². The number of aliphatic hydroxyl groups is 1. The molecule has 1 heterocycles. The van der Waals surface area contributed by atoms with Crippen molar-refractivity contribution in [3.8, 4) is 0 Å². The molecule has 1 saturated heterocycles. The molecule has 2 rings (SSSR count). The fraction of sp³-hybridized carbons (Fsp3) is 0.571. The van der Waals surface area contributed by atoms with Gasteiger partial charge in [0.25, 0.3) is 0 Å². The van der Waals surface area contributed by atoms with Gasteiger partial charge in [-0.25, -0.2) is 0 Å². The van der Waals surface area contributed by atoms with Gasteiger partial charge in [-0.2, -0.15) is 0 Å². The summed E-state index contributed by atoms with van der Waals surface area (Å²) in [4.78, 5) is 0. The molecule has 0 saturated carbocycles. The largest absolute Gasteiger partial charge is 0.389 e. The maximum absolute atomic E-state index is 9.85. The highest BCUT2D eigenvalue weighted by Crippen LogP contribution is 2.20. The number of aliphatic hydroxyl groups excluding tert-OH is 1. The van der Waals surface area contributed by atoms with Crippen LogP contribution >= 0.6 is 0 Å². The van der Waals surface area contributed by atoms with Crippen LogP contribution in [0.4, 0.5) is 0 Å². The molecule has 0 unspecified atom stereocenters. The second kappa shape index (κ2) is 6.98. The summed E-state index contributed by atoms with van der Waals surface area (Å²) in [5.74, 6) is 0. The van der Waals surface area contributed by atoms with E-state index >= 15 is 0 Å². The Labute approximate surface area is 113 Å². The van der Waals surface area contributed by atoms with E-state index in [-0.39, 0.29) is 18.8 Å². The van der Waals surface area contributed by atoms with Crippen molar-refractivity contribution < 1.29 is 19.3 Å². The lowest BCUT2D eigenvalue weighted by atomic mass is 10.0. The van der Waals surface area contributed by atoms with E-state index in [1.54, 1.807) is 14.2 Å². The van der Waals surface area contributed by atoms with E-state index < -0.39 is 12.4 Å². The van der Waals surface area contributed by atoms with Crippen molar-refractivity contribution in [3.63, 3.8) is 0 Å². The summed E-state index contributed by atoms with van der Waals surface area (Å²) in [5.41, 5.74) is 1.08. The molecule has 1 aliphatic heterocycles. The topological polar surface area (TPSA) is 60.0 Å². The first-order chi connectivity index (χ1) is 9.26. The Morgan fingerprint density at radius 3 is 2.74 bits per heavy atom.